The summed E-state index contributed by atoms with van der Waals surface area (Å²) >= 11 is 0. The van der Waals surface area contributed by atoms with Gasteiger partial charge >= 0.3 is 0 Å². The van der Waals surface area contributed by atoms with E-state index >= 15 is 0 Å². The van der Waals surface area contributed by atoms with Gasteiger partial charge in [0.1, 0.15) is 0 Å². The van der Waals surface area contributed by atoms with Crippen molar-refractivity contribution in [2.75, 3.05) is 0 Å². The average Bonchev–Trinajstić information content (AvgIpc) is 2.20. The summed E-state index contributed by atoms with van der Waals surface area (Å²) in [5, 5.41) is 26.7. The molecule has 0 heterocycles. The molecule has 14 heavy (non-hydrogen) atoms. The molecule has 0 amide bonds. The summed E-state index contributed by atoms with van der Waals surface area (Å²) in [5.74, 6) is 0. The molecule has 0 aliphatic heterocycles. The van der Waals surface area contributed by atoms with Gasteiger partial charge in [0.2, 0.25) is 6.29 Å². The molecule has 0 saturated heterocycles. The maximum Gasteiger partial charge on any atom is 0.269 e. The van der Waals surface area contributed by atoms with Crippen molar-refractivity contribution >= 4 is 5.69 Å². The molecule has 1 rings (SSSR count). The molecule has 1 aromatic rings. The van der Waals surface area contributed by atoms with Crippen LogP contribution in [0.1, 0.15) is 11.9 Å². The average molecular weight is 201 g/mol. The fourth-order valence-electron chi connectivity index (χ4n) is 0.894. The van der Waals surface area contributed by atoms with E-state index in [-0.39, 0.29) is 11.3 Å². The molecular formula is C7H7NO6. The van der Waals surface area contributed by atoms with Crippen molar-refractivity contribution in [3.8, 4) is 0 Å². The van der Waals surface area contributed by atoms with Gasteiger partial charge in [-0.15, -0.1) is 0 Å². The predicted octanol–water partition coefficient (Wildman–Crippen LogP) is 1.57. The van der Waals surface area contributed by atoms with E-state index in [0.717, 1.165) is 0 Å². The van der Waals surface area contributed by atoms with Crippen LogP contribution in [0.5, 0.6) is 0 Å². The van der Waals surface area contributed by atoms with Crippen molar-refractivity contribution in [2.24, 2.45) is 0 Å². The van der Waals surface area contributed by atoms with Gasteiger partial charge in [-0.2, -0.15) is 9.78 Å². The van der Waals surface area contributed by atoms with Crippen LogP contribution < -0.4 is 0 Å². The minimum atomic E-state index is -1.36. The Kier molecular flexibility index (Phi) is 3.48. The third-order valence-electron chi connectivity index (χ3n) is 1.57. The summed E-state index contributed by atoms with van der Waals surface area (Å²) in [6.07, 6.45) is -1.36. The Morgan fingerprint density at radius 3 is 2.07 bits per heavy atom. The molecule has 0 spiro atoms. The molecule has 0 bridgehead atoms. The van der Waals surface area contributed by atoms with E-state index in [1.165, 1.54) is 24.3 Å². The van der Waals surface area contributed by atoms with Crippen molar-refractivity contribution in [2.45, 2.75) is 6.29 Å². The third kappa shape index (κ3) is 2.24. The van der Waals surface area contributed by atoms with E-state index in [0.29, 0.717) is 0 Å². The molecule has 0 radical (unpaired) electrons. The van der Waals surface area contributed by atoms with Gasteiger partial charge in [-0.05, 0) is 12.1 Å². The second kappa shape index (κ2) is 4.63. The maximum atomic E-state index is 10.3. The summed E-state index contributed by atoms with van der Waals surface area (Å²) in [4.78, 5) is 17.2. The van der Waals surface area contributed by atoms with Crippen molar-refractivity contribution in [1.82, 2.24) is 0 Å². The van der Waals surface area contributed by atoms with Crippen LogP contribution in [-0.2, 0) is 9.78 Å². The maximum absolute atomic E-state index is 10.3. The molecule has 7 nitrogen and oxygen atoms in total. The Balaban J connectivity index is 2.87. The van der Waals surface area contributed by atoms with Crippen molar-refractivity contribution in [3.63, 3.8) is 0 Å². The van der Waals surface area contributed by atoms with Gasteiger partial charge in [-0.25, -0.2) is 10.5 Å². The summed E-state index contributed by atoms with van der Waals surface area (Å²) in [7, 11) is 0. The van der Waals surface area contributed by atoms with Gasteiger partial charge in [0.15, 0.2) is 0 Å². The number of hydrogen-bond acceptors (Lipinski definition) is 6. The number of benzene rings is 1. The lowest BCUT2D eigenvalue weighted by Gasteiger charge is -2.08. The summed E-state index contributed by atoms with van der Waals surface area (Å²) in [5.41, 5.74) is 0.143. The normalized spacial score (nSPS) is 10.5. The first-order valence-electron chi connectivity index (χ1n) is 3.54. The van der Waals surface area contributed by atoms with Crippen LogP contribution in [0.25, 0.3) is 0 Å². The topological polar surface area (TPSA) is 102 Å². The highest BCUT2D eigenvalue weighted by Crippen LogP contribution is 2.19. The lowest BCUT2D eigenvalue weighted by Crippen LogP contribution is -2.04. The molecule has 76 valence electrons. The number of nitro groups is 1. The van der Waals surface area contributed by atoms with Crippen LogP contribution in [0.15, 0.2) is 24.3 Å². The Morgan fingerprint density at radius 2 is 1.71 bits per heavy atom. The zero-order valence-corrected chi connectivity index (χ0v) is 6.86. The Morgan fingerprint density at radius 1 is 1.21 bits per heavy atom. The van der Waals surface area contributed by atoms with Gasteiger partial charge in [-0.1, -0.05) is 0 Å². The molecule has 0 aliphatic carbocycles. The van der Waals surface area contributed by atoms with Crippen LogP contribution in [-0.4, -0.2) is 15.4 Å². The first-order chi connectivity index (χ1) is 6.69. The minimum Gasteiger partial charge on any atom is -0.258 e. The summed E-state index contributed by atoms with van der Waals surface area (Å²) in [6.45, 7) is 0. The van der Waals surface area contributed by atoms with Crippen molar-refractivity contribution in [3.05, 3.63) is 39.9 Å². The molecule has 0 atom stereocenters. The number of hydrogen-bond donors (Lipinski definition) is 2. The zero-order valence-electron chi connectivity index (χ0n) is 6.86. The fourth-order valence-corrected chi connectivity index (χ4v) is 0.894. The summed E-state index contributed by atoms with van der Waals surface area (Å²) < 4.78 is 0. The molecule has 0 saturated carbocycles. The fraction of sp³-hybridized carbons (Fsp3) is 0.143. The van der Waals surface area contributed by atoms with Crippen LogP contribution >= 0.6 is 0 Å². The van der Waals surface area contributed by atoms with Crippen LogP contribution in [0.4, 0.5) is 5.69 Å². The molecular weight excluding hydrogens is 194 g/mol. The summed E-state index contributed by atoms with van der Waals surface area (Å²) in [6, 6.07) is 4.96. The second-order valence-corrected chi connectivity index (χ2v) is 2.39. The van der Waals surface area contributed by atoms with Gasteiger partial charge < -0.3 is 0 Å². The quantitative estimate of drug-likeness (QED) is 0.331. The van der Waals surface area contributed by atoms with E-state index in [1.54, 1.807) is 0 Å². The Hall–Kier alpha value is -1.54. The van der Waals surface area contributed by atoms with Crippen LogP contribution in [0.2, 0.25) is 0 Å². The molecule has 0 unspecified atom stereocenters. The van der Waals surface area contributed by atoms with Crippen LogP contribution in [0, 0.1) is 10.1 Å². The van der Waals surface area contributed by atoms with Crippen molar-refractivity contribution in [1.29, 1.82) is 0 Å². The Labute approximate surface area is 78.1 Å². The number of nitro benzene ring substituents is 1. The molecule has 1 aromatic carbocycles. The third-order valence-corrected chi connectivity index (χ3v) is 1.57. The number of non-ortho nitro benzene ring substituents is 1. The smallest absolute Gasteiger partial charge is 0.258 e. The lowest BCUT2D eigenvalue weighted by molar-refractivity contribution is -0.437. The van der Waals surface area contributed by atoms with E-state index in [2.05, 4.69) is 9.78 Å². The molecule has 7 heteroatoms. The van der Waals surface area contributed by atoms with Crippen LogP contribution in [0.3, 0.4) is 0 Å². The van der Waals surface area contributed by atoms with Gasteiger partial charge in [0, 0.05) is 17.7 Å². The van der Waals surface area contributed by atoms with E-state index in [1.807, 2.05) is 0 Å². The molecule has 0 aliphatic rings. The van der Waals surface area contributed by atoms with Crippen molar-refractivity contribution < 1.29 is 25.2 Å². The minimum absolute atomic E-state index is 0.108. The Bertz CT molecular complexity index is 306. The van der Waals surface area contributed by atoms with E-state index in [4.69, 9.17) is 10.5 Å². The predicted molar refractivity (Wildman–Crippen MR) is 43.3 cm³/mol. The van der Waals surface area contributed by atoms with E-state index < -0.39 is 11.2 Å². The van der Waals surface area contributed by atoms with Gasteiger partial charge in [0.05, 0.1) is 4.92 Å². The van der Waals surface area contributed by atoms with Gasteiger partial charge in [-0.3, -0.25) is 10.1 Å². The zero-order chi connectivity index (χ0) is 10.6. The largest absolute Gasteiger partial charge is 0.269 e. The first-order valence-corrected chi connectivity index (χ1v) is 3.54. The molecule has 0 fully saturated rings. The SMILES string of the molecule is O=[N+]([O-])c1ccc(C(OO)OO)cc1. The highest BCUT2D eigenvalue weighted by Gasteiger charge is 2.13. The monoisotopic (exact) mass is 201 g/mol. The number of nitrogens with zero attached hydrogens (tertiary/aromatic N) is 1. The molecule has 0 aromatic heterocycles. The van der Waals surface area contributed by atoms with E-state index in [9.17, 15) is 10.1 Å². The highest BCUT2D eigenvalue weighted by atomic mass is 17.2. The second-order valence-electron chi connectivity index (χ2n) is 2.39. The highest BCUT2D eigenvalue weighted by molar-refractivity contribution is 5.33. The first kappa shape index (κ1) is 10.5. The standard InChI is InChI=1S/C7H7NO6/c9-8(10)6-3-1-5(2-4-6)7(13-11)14-12/h1-4,7,11-12H. The lowest BCUT2D eigenvalue weighted by atomic mass is 10.2. The van der Waals surface area contributed by atoms with Gasteiger partial charge in [0.25, 0.3) is 5.69 Å². The number of rotatable bonds is 4. The molecule has 2 N–H and O–H groups in total.